The van der Waals surface area contributed by atoms with E-state index in [2.05, 4.69) is 33.2 Å². The molecular weight excluding hydrogens is 378 g/mol. The maximum absolute atomic E-state index is 11.0. The predicted molar refractivity (Wildman–Crippen MR) is 116 cm³/mol. The van der Waals surface area contributed by atoms with Gasteiger partial charge in [0.15, 0.2) is 0 Å². The van der Waals surface area contributed by atoms with E-state index < -0.39 is 4.92 Å². The standard InChI is InChI=1S/C23H15N5O2/c29-28(30)17-5-3-14-9-20(25-21(14)12-17)15-4-6-18-22(10-15)27-23(26-18)16-2-1-13-7-8-24-19(13)11-16/h1-6,8,10-12H,7,9H2,(H,26,27). The summed E-state index contributed by atoms with van der Waals surface area (Å²) in [5.74, 6) is 0.805. The van der Waals surface area contributed by atoms with Gasteiger partial charge in [-0.15, -0.1) is 0 Å². The van der Waals surface area contributed by atoms with Crippen molar-refractivity contribution in [2.75, 3.05) is 0 Å². The Morgan fingerprint density at radius 2 is 1.80 bits per heavy atom. The molecule has 1 aromatic heterocycles. The van der Waals surface area contributed by atoms with E-state index in [1.165, 1.54) is 17.7 Å². The highest BCUT2D eigenvalue weighted by Crippen LogP contribution is 2.33. The third-order valence-corrected chi connectivity index (χ3v) is 5.61. The molecule has 0 spiro atoms. The van der Waals surface area contributed by atoms with Gasteiger partial charge in [-0.3, -0.25) is 20.1 Å². The van der Waals surface area contributed by atoms with E-state index in [4.69, 9.17) is 4.98 Å². The van der Waals surface area contributed by atoms with Crippen molar-refractivity contribution in [2.24, 2.45) is 9.98 Å². The van der Waals surface area contributed by atoms with Crippen LogP contribution in [0, 0.1) is 10.1 Å². The number of nitrogens with one attached hydrogen (secondary N) is 1. The summed E-state index contributed by atoms with van der Waals surface area (Å²) < 4.78 is 0. The lowest BCUT2D eigenvalue weighted by Gasteiger charge is -2.00. The number of benzene rings is 3. The molecule has 0 saturated heterocycles. The lowest BCUT2D eigenvalue weighted by atomic mass is 10.0. The minimum atomic E-state index is -0.393. The zero-order chi connectivity index (χ0) is 20.2. The second kappa shape index (κ2) is 6.18. The highest BCUT2D eigenvalue weighted by atomic mass is 16.6. The van der Waals surface area contributed by atoms with Gasteiger partial charge in [0.05, 0.1) is 33.0 Å². The molecule has 7 heteroatoms. The first kappa shape index (κ1) is 16.8. The fourth-order valence-corrected chi connectivity index (χ4v) is 4.02. The van der Waals surface area contributed by atoms with E-state index in [0.29, 0.717) is 12.1 Å². The zero-order valence-corrected chi connectivity index (χ0v) is 15.8. The van der Waals surface area contributed by atoms with Crippen LogP contribution < -0.4 is 0 Å². The molecule has 3 heterocycles. The van der Waals surface area contributed by atoms with Crippen LogP contribution in [0.5, 0.6) is 0 Å². The van der Waals surface area contributed by atoms with Gasteiger partial charge in [0.1, 0.15) is 5.82 Å². The monoisotopic (exact) mass is 393 g/mol. The van der Waals surface area contributed by atoms with Gasteiger partial charge in [-0.2, -0.15) is 0 Å². The Hall–Kier alpha value is -4.13. The third-order valence-electron chi connectivity index (χ3n) is 5.61. The van der Waals surface area contributed by atoms with E-state index in [1.807, 2.05) is 24.4 Å². The first-order valence-electron chi connectivity index (χ1n) is 9.65. The highest BCUT2D eigenvalue weighted by molar-refractivity contribution is 6.08. The van der Waals surface area contributed by atoms with E-state index >= 15 is 0 Å². The second-order valence-corrected chi connectivity index (χ2v) is 7.48. The number of aromatic amines is 1. The van der Waals surface area contributed by atoms with Gasteiger partial charge < -0.3 is 4.98 Å². The van der Waals surface area contributed by atoms with Gasteiger partial charge in [0, 0.05) is 36.8 Å². The molecular formula is C23H15N5O2. The number of imidazole rings is 1. The molecule has 0 unspecified atom stereocenters. The Bertz CT molecular complexity index is 1430. The molecule has 0 aliphatic carbocycles. The van der Waals surface area contributed by atoms with Crippen LogP contribution in [-0.2, 0) is 12.8 Å². The van der Waals surface area contributed by atoms with Crippen molar-refractivity contribution >= 4 is 40.0 Å². The number of nitro groups is 1. The van der Waals surface area contributed by atoms with Crippen molar-refractivity contribution in [3.05, 3.63) is 81.4 Å². The average molecular weight is 393 g/mol. The number of hydrogen-bond acceptors (Lipinski definition) is 5. The summed E-state index contributed by atoms with van der Waals surface area (Å²) in [6, 6.07) is 17.1. The van der Waals surface area contributed by atoms with Crippen LogP contribution in [0.3, 0.4) is 0 Å². The molecule has 0 amide bonds. The van der Waals surface area contributed by atoms with Crippen molar-refractivity contribution < 1.29 is 4.92 Å². The summed E-state index contributed by atoms with van der Waals surface area (Å²) in [5.41, 5.74) is 8.65. The third kappa shape index (κ3) is 2.63. The van der Waals surface area contributed by atoms with Crippen LogP contribution in [0.15, 0.2) is 64.6 Å². The van der Waals surface area contributed by atoms with Gasteiger partial charge in [-0.05, 0) is 41.0 Å². The van der Waals surface area contributed by atoms with Crippen LogP contribution in [0.2, 0.25) is 0 Å². The molecule has 4 aromatic rings. The van der Waals surface area contributed by atoms with E-state index in [-0.39, 0.29) is 5.69 Å². The Kier molecular flexibility index (Phi) is 3.46. The lowest BCUT2D eigenvalue weighted by molar-refractivity contribution is -0.384. The summed E-state index contributed by atoms with van der Waals surface area (Å²) in [6.07, 6.45) is 3.46. The Labute approximate surface area is 171 Å². The topological polar surface area (TPSA) is 96.5 Å². The molecule has 0 radical (unpaired) electrons. The largest absolute Gasteiger partial charge is 0.338 e. The molecule has 0 bridgehead atoms. The highest BCUT2D eigenvalue weighted by Gasteiger charge is 2.20. The summed E-state index contributed by atoms with van der Waals surface area (Å²) in [7, 11) is 0. The number of fused-ring (bicyclic) bond motifs is 3. The van der Waals surface area contributed by atoms with Crippen molar-refractivity contribution in [3.63, 3.8) is 0 Å². The summed E-state index contributed by atoms with van der Waals surface area (Å²) >= 11 is 0. The lowest BCUT2D eigenvalue weighted by Crippen LogP contribution is -2.00. The second-order valence-electron chi connectivity index (χ2n) is 7.48. The first-order chi connectivity index (χ1) is 14.6. The molecule has 30 heavy (non-hydrogen) atoms. The van der Waals surface area contributed by atoms with Crippen LogP contribution in [0.25, 0.3) is 22.4 Å². The number of aliphatic imine (C=N–C) groups is 2. The molecule has 2 aliphatic heterocycles. The number of H-pyrrole nitrogens is 1. The number of hydrogen-bond donors (Lipinski definition) is 1. The number of nitrogens with zero attached hydrogens (tertiary/aromatic N) is 4. The van der Waals surface area contributed by atoms with Crippen LogP contribution >= 0.6 is 0 Å². The van der Waals surface area contributed by atoms with Crippen molar-refractivity contribution in [3.8, 4) is 11.4 Å². The number of nitro benzene ring substituents is 1. The van der Waals surface area contributed by atoms with Crippen molar-refractivity contribution in [2.45, 2.75) is 12.8 Å². The molecule has 0 atom stereocenters. The normalized spacial score (nSPS) is 14.1. The van der Waals surface area contributed by atoms with E-state index in [1.54, 1.807) is 6.07 Å². The first-order valence-corrected chi connectivity index (χ1v) is 9.65. The number of rotatable bonds is 3. The Morgan fingerprint density at radius 3 is 2.70 bits per heavy atom. The van der Waals surface area contributed by atoms with Gasteiger partial charge in [0.25, 0.3) is 5.69 Å². The molecule has 6 rings (SSSR count). The van der Waals surface area contributed by atoms with Gasteiger partial charge >= 0.3 is 0 Å². The van der Waals surface area contributed by atoms with Gasteiger partial charge in [-0.1, -0.05) is 18.2 Å². The summed E-state index contributed by atoms with van der Waals surface area (Å²) in [6.45, 7) is 0. The molecule has 144 valence electrons. The fraction of sp³-hybridized carbons (Fsp3) is 0.0870. The maximum atomic E-state index is 11.0. The smallest absolute Gasteiger partial charge is 0.271 e. The fourth-order valence-electron chi connectivity index (χ4n) is 4.02. The van der Waals surface area contributed by atoms with Crippen LogP contribution in [0.1, 0.15) is 16.7 Å². The number of non-ortho nitro benzene ring substituents is 1. The van der Waals surface area contributed by atoms with Gasteiger partial charge in [0.2, 0.25) is 0 Å². The molecule has 0 fully saturated rings. The molecule has 3 aromatic carbocycles. The van der Waals surface area contributed by atoms with Crippen LogP contribution in [0.4, 0.5) is 17.1 Å². The zero-order valence-electron chi connectivity index (χ0n) is 15.8. The minimum Gasteiger partial charge on any atom is -0.338 e. The summed E-state index contributed by atoms with van der Waals surface area (Å²) in [4.78, 5) is 27.8. The minimum absolute atomic E-state index is 0.0612. The van der Waals surface area contributed by atoms with Gasteiger partial charge in [-0.25, -0.2) is 4.98 Å². The molecule has 2 aliphatic rings. The Morgan fingerprint density at radius 1 is 0.933 bits per heavy atom. The average Bonchev–Trinajstić information content (AvgIpc) is 3.48. The Balaban J connectivity index is 1.36. The van der Waals surface area contributed by atoms with Crippen molar-refractivity contribution in [1.29, 1.82) is 0 Å². The molecule has 0 saturated carbocycles. The molecule has 1 N–H and O–H groups in total. The maximum Gasteiger partial charge on any atom is 0.271 e. The summed E-state index contributed by atoms with van der Waals surface area (Å²) in [5, 5.41) is 11.0. The van der Waals surface area contributed by atoms with E-state index in [0.717, 1.165) is 51.4 Å². The predicted octanol–water partition coefficient (Wildman–Crippen LogP) is 5.07. The number of aromatic nitrogens is 2. The van der Waals surface area contributed by atoms with Crippen molar-refractivity contribution in [1.82, 2.24) is 9.97 Å². The van der Waals surface area contributed by atoms with E-state index in [9.17, 15) is 10.1 Å². The van der Waals surface area contributed by atoms with Crippen LogP contribution in [-0.4, -0.2) is 26.8 Å². The SMILES string of the molecule is O=[N+]([O-])c1ccc2c(c1)N=C(c1ccc3nc(-c4ccc5c(c4)N=CC5)[nH]c3c1)C2. The molecule has 7 nitrogen and oxygen atoms in total. The quantitative estimate of drug-likeness (QED) is 0.388.